The monoisotopic (exact) mass is 421 g/mol. The highest BCUT2D eigenvalue weighted by Gasteiger charge is 2.29. The van der Waals surface area contributed by atoms with Gasteiger partial charge in [0.05, 0.1) is 11.6 Å². The van der Waals surface area contributed by atoms with Gasteiger partial charge in [-0.1, -0.05) is 68.0 Å². The summed E-state index contributed by atoms with van der Waals surface area (Å²) in [5, 5.41) is 7.83. The van der Waals surface area contributed by atoms with Crippen molar-refractivity contribution in [2.75, 3.05) is 26.2 Å². The van der Waals surface area contributed by atoms with E-state index in [4.69, 9.17) is 4.74 Å². The van der Waals surface area contributed by atoms with Gasteiger partial charge < -0.3 is 10.1 Å². The molecule has 0 unspecified atom stereocenters. The Morgan fingerprint density at radius 1 is 1.03 bits per heavy atom. The minimum Gasteiger partial charge on any atom is -0.488 e. The van der Waals surface area contributed by atoms with Gasteiger partial charge in [0.2, 0.25) is 0 Å². The number of allylic oxidation sites excluding steroid dienone is 2. The average Bonchev–Trinajstić information content (AvgIpc) is 3.18. The van der Waals surface area contributed by atoms with Crippen LogP contribution < -0.4 is 10.1 Å². The van der Waals surface area contributed by atoms with Gasteiger partial charge in [-0.2, -0.15) is 0 Å². The first-order chi connectivity index (χ1) is 15.0. The van der Waals surface area contributed by atoms with Crippen LogP contribution in [-0.4, -0.2) is 48.1 Å². The lowest BCUT2D eigenvalue weighted by Crippen LogP contribution is -2.38. The van der Waals surface area contributed by atoms with Crippen LogP contribution in [0.25, 0.3) is 0 Å². The maximum atomic E-state index is 13.3. The number of ether oxygens (including phenoxy) is 1. The molecule has 0 aliphatic carbocycles. The van der Waals surface area contributed by atoms with Crippen LogP contribution in [0.5, 0.6) is 5.75 Å². The Balaban J connectivity index is 1.81. The van der Waals surface area contributed by atoms with E-state index in [1.54, 1.807) is 0 Å². The maximum absolute atomic E-state index is 13.3. The molecule has 3 rings (SSSR count). The number of amides is 1. The maximum Gasteiger partial charge on any atom is 0.255 e. The van der Waals surface area contributed by atoms with E-state index >= 15 is 0 Å². The zero-order valence-corrected chi connectivity index (χ0v) is 19.2. The molecule has 2 aromatic carbocycles. The summed E-state index contributed by atoms with van der Waals surface area (Å²) < 4.78 is 6.25. The summed E-state index contributed by atoms with van der Waals surface area (Å²) >= 11 is 0. The molecule has 1 heterocycles. The van der Waals surface area contributed by atoms with Crippen LogP contribution in [0.3, 0.4) is 0 Å². The molecule has 0 spiro atoms. The minimum absolute atomic E-state index is 0.0684. The number of nitrogens with one attached hydrogen (secondary N) is 1. The van der Waals surface area contributed by atoms with Gasteiger partial charge in [-0.05, 0) is 37.5 Å². The molecule has 5 nitrogen and oxygen atoms in total. The molecule has 5 heteroatoms. The molecule has 0 bridgehead atoms. The Labute approximate surface area is 186 Å². The number of hydrogen-bond acceptors (Lipinski definition) is 4. The SMILES string of the molecule is CCN1CC(NC(=O)c2cccc(CC=C(C)C)c2OCc2ccccc2)CN1CC. The van der Waals surface area contributed by atoms with Crippen LogP contribution in [0.4, 0.5) is 0 Å². The fraction of sp³-hybridized carbons (Fsp3) is 0.423. The third kappa shape index (κ3) is 6.18. The predicted molar refractivity (Wildman–Crippen MR) is 126 cm³/mol. The second-order valence-corrected chi connectivity index (χ2v) is 8.23. The largest absolute Gasteiger partial charge is 0.488 e. The number of nitrogens with zero attached hydrogens (tertiary/aromatic N) is 2. The Bertz CT molecular complexity index is 879. The summed E-state index contributed by atoms with van der Waals surface area (Å²) in [6, 6.07) is 16.0. The van der Waals surface area contributed by atoms with E-state index in [1.165, 1.54) is 5.57 Å². The summed E-state index contributed by atoms with van der Waals surface area (Å²) in [4.78, 5) is 13.3. The molecule has 0 atom stereocenters. The van der Waals surface area contributed by atoms with E-state index in [0.29, 0.717) is 17.9 Å². The van der Waals surface area contributed by atoms with Crippen molar-refractivity contribution < 1.29 is 9.53 Å². The second-order valence-electron chi connectivity index (χ2n) is 8.23. The van der Waals surface area contributed by atoms with Gasteiger partial charge in [-0.3, -0.25) is 4.79 Å². The first-order valence-electron chi connectivity index (χ1n) is 11.2. The molecule has 1 fully saturated rings. The number of rotatable bonds is 9. The summed E-state index contributed by atoms with van der Waals surface area (Å²) in [6.45, 7) is 12.5. The molecule has 2 aromatic rings. The van der Waals surface area contributed by atoms with Crippen LogP contribution in [0.15, 0.2) is 60.2 Å². The zero-order chi connectivity index (χ0) is 22.2. The Hall–Kier alpha value is -2.63. The van der Waals surface area contributed by atoms with Crippen molar-refractivity contribution in [3.63, 3.8) is 0 Å². The number of carbonyl (C=O) groups is 1. The van der Waals surface area contributed by atoms with E-state index in [2.05, 4.69) is 49.1 Å². The lowest BCUT2D eigenvalue weighted by molar-refractivity contribution is 0.0388. The molecule has 1 aliphatic heterocycles. The van der Waals surface area contributed by atoms with Crippen molar-refractivity contribution in [2.24, 2.45) is 0 Å². The average molecular weight is 422 g/mol. The molecule has 0 aromatic heterocycles. The van der Waals surface area contributed by atoms with Crippen LogP contribution in [0, 0.1) is 0 Å². The number of benzene rings is 2. The third-order valence-electron chi connectivity index (χ3n) is 5.62. The molecular weight excluding hydrogens is 386 g/mol. The lowest BCUT2D eigenvalue weighted by Gasteiger charge is -2.24. The first-order valence-corrected chi connectivity index (χ1v) is 11.2. The van der Waals surface area contributed by atoms with Crippen LogP contribution >= 0.6 is 0 Å². The highest BCUT2D eigenvalue weighted by Crippen LogP contribution is 2.27. The van der Waals surface area contributed by atoms with Crippen LogP contribution in [0.2, 0.25) is 0 Å². The number of likely N-dealkylation sites (N-methyl/N-ethyl adjacent to an activating group) is 2. The summed E-state index contributed by atoms with van der Waals surface area (Å²) in [5.74, 6) is 0.611. The molecule has 166 valence electrons. The summed E-state index contributed by atoms with van der Waals surface area (Å²) in [7, 11) is 0. The molecule has 1 amide bonds. The fourth-order valence-corrected chi connectivity index (χ4v) is 3.95. The lowest BCUT2D eigenvalue weighted by atomic mass is 10.0. The summed E-state index contributed by atoms with van der Waals surface area (Å²) in [6.07, 6.45) is 2.91. The third-order valence-corrected chi connectivity index (χ3v) is 5.62. The topological polar surface area (TPSA) is 44.8 Å². The van der Waals surface area contributed by atoms with Gasteiger partial charge >= 0.3 is 0 Å². The van der Waals surface area contributed by atoms with Gasteiger partial charge in [-0.15, -0.1) is 0 Å². The number of carbonyl (C=O) groups excluding carboxylic acids is 1. The molecular formula is C26H35N3O2. The van der Waals surface area contributed by atoms with Crippen molar-refractivity contribution in [3.8, 4) is 5.75 Å². The number of hydrogen-bond donors (Lipinski definition) is 1. The molecule has 1 aliphatic rings. The summed E-state index contributed by atoms with van der Waals surface area (Å²) in [5.41, 5.74) is 3.96. The zero-order valence-electron chi connectivity index (χ0n) is 19.2. The predicted octanol–water partition coefficient (Wildman–Crippen LogP) is 4.45. The number of para-hydroxylation sites is 1. The molecule has 31 heavy (non-hydrogen) atoms. The van der Waals surface area contributed by atoms with E-state index in [-0.39, 0.29) is 11.9 Å². The Kier molecular flexibility index (Phi) is 8.27. The molecule has 1 saturated heterocycles. The Morgan fingerprint density at radius 2 is 1.71 bits per heavy atom. The van der Waals surface area contributed by atoms with Crippen molar-refractivity contribution in [1.29, 1.82) is 0 Å². The van der Waals surface area contributed by atoms with Gasteiger partial charge in [0, 0.05) is 26.2 Å². The van der Waals surface area contributed by atoms with Crippen molar-refractivity contribution in [2.45, 2.75) is 46.8 Å². The highest BCUT2D eigenvalue weighted by molar-refractivity contribution is 5.97. The number of hydrazine groups is 1. The van der Waals surface area contributed by atoms with E-state index in [9.17, 15) is 4.79 Å². The van der Waals surface area contributed by atoms with E-state index in [0.717, 1.165) is 43.7 Å². The molecule has 0 radical (unpaired) electrons. The van der Waals surface area contributed by atoms with Gasteiger partial charge in [-0.25, -0.2) is 10.0 Å². The standard InChI is InChI=1S/C26H35N3O2/c1-5-28-17-23(18-29(28)6-2)27-26(30)24-14-10-13-22(16-15-20(3)4)25(24)31-19-21-11-8-7-9-12-21/h7-15,23H,5-6,16-19H2,1-4H3,(H,27,30). The van der Waals surface area contributed by atoms with Crippen LogP contribution in [0.1, 0.15) is 49.2 Å². The highest BCUT2D eigenvalue weighted by atomic mass is 16.5. The normalized spacial score (nSPS) is 15.1. The Morgan fingerprint density at radius 3 is 2.32 bits per heavy atom. The van der Waals surface area contributed by atoms with E-state index in [1.807, 2.05) is 48.5 Å². The minimum atomic E-state index is -0.0684. The first kappa shape index (κ1) is 23.0. The smallest absolute Gasteiger partial charge is 0.255 e. The van der Waals surface area contributed by atoms with Crippen molar-refractivity contribution >= 4 is 5.91 Å². The van der Waals surface area contributed by atoms with Gasteiger partial charge in [0.25, 0.3) is 5.91 Å². The quantitative estimate of drug-likeness (QED) is 0.608. The second kappa shape index (κ2) is 11.1. The molecule has 0 saturated carbocycles. The molecule has 1 N–H and O–H groups in total. The fourth-order valence-electron chi connectivity index (χ4n) is 3.95. The van der Waals surface area contributed by atoms with Crippen LogP contribution in [-0.2, 0) is 13.0 Å². The van der Waals surface area contributed by atoms with Gasteiger partial charge in [0.15, 0.2) is 0 Å². The van der Waals surface area contributed by atoms with E-state index < -0.39 is 0 Å². The van der Waals surface area contributed by atoms with Crippen molar-refractivity contribution in [1.82, 2.24) is 15.3 Å². The van der Waals surface area contributed by atoms with Crippen molar-refractivity contribution in [3.05, 3.63) is 76.9 Å². The van der Waals surface area contributed by atoms with Gasteiger partial charge in [0.1, 0.15) is 12.4 Å².